The average molecular weight is 379 g/mol. The average Bonchev–Trinajstić information content (AvgIpc) is 3.37. The first-order chi connectivity index (χ1) is 13.8. The summed E-state index contributed by atoms with van der Waals surface area (Å²) in [6.07, 6.45) is 2.78. The van der Waals surface area contributed by atoms with Crippen LogP contribution in [-0.2, 0) is 4.79 Å². The Morgan fingerprint density at radius 2 is 1.89 bits per heavy atom. The Morgan fingerprint density at radius 1 is 1.14 bits per heavy atom. The Labute approximate surface area is 164 Å². The molecule has 3 aromatic rings. The fraction of sp³-hybridized carbons (Fsp3) is 0.364. The van der Waals surface area contributed by atoms with E-state index in [2.05, 4.69) is 16.9 Å². The molecule has 0 aliphatic carbocycles. The molecule has 6 nitrogen and oxygen atoms in total. The highest BCUT2D eigenvalue weighted by atomic mass is 16.5. The van der Waals surface area contributed by atoms with Crippen molar-refractivity contribution in [2.24, 2.45) is 0 Å². The Hall–Kier alpha value is -3.02. The lowest BCUT2D eigenvalue weighted by Crippen LogP contribution is -2.34. The molecule has 2 aromatic carbocycles. The van der Waals surface area contributed by atoms with Gasteiger partial charge in [0.05, 0.1) is 23.7 Å². The molecular weight excluding hydrogens is 354 g/mol. The topological polar surface area (TPSA) is 67.5 Å². The van der Waals surface area contributed by atoms with Crippen LogP contribution in [0.4, 0.5) is 0 Å². The number of carbonyl (C=O) groups is 1. The summed E-state index contributed by atoms with van der Waals surface area (Å²) in [4.78, 5) is 22.8. The number of hydrogen-bond acceptors (Lipinski definition) is 4. The van der Waals surface area contributed by atoms with Gasteiger partial charge in [0.25, 0.3) is 5.91 Å². The number of nitrogens with one attached hydrogen (secondary N) is 1. The first kappa shape index (κ1) is 18.3. The molecule has 1 aromatic heterocycles. The molecule has 1 saturated heterocycles. The summed E-state index contributed by atoms with van der Waals surface area (Å²) in [5, 5.41) is 0. The molecule has 0 radical (unpaired) electrons. The number of imidazole rings is 1. The van der Waals surface area contributed by atoms with Crippen molar-refractivity contribution in [3.05, 3.63) is 54.4 Å². The number of H-pyrrole nitrogens is 1. The molecule has 6 heteroatoms. The van der Waals surface area contributed by atoms with Gasteiger partial charge in [-0.1, -0.05) is 31.2 Å². The van der Waals surface area contributed by atoms with Gasteiger partial charge in [0.1, 0.15) is 5.82 Å². The van der Waals surface area contributed by atoms with Crippen molar-refractivity contribution < 1.29 is 14.3 Å². The van der Waals surface area contributed by atoms with E-state index in [9.17, 15) is 4.79 Å². The second-order valence-electron chi connectivity index (χ2n) is 6.97. The Morgan fingerprint density at radius 3 is 2.68 bits per heavy atom. The number of benzene rings is 2. The fourth-order valence-corrected chi connectivity index (χ4v) is 3.60. The number of nitrogens with zero attached hydrogens (tertiary/aromatic N) is 2. The van der Waals surface area contributed by atoms with Crippen LogP contribution in [-0.4, -0.2) is 40.5 Å². The largest absolute Gasteiger partial charge is 0.490 e. The molecule has 0 spiro atoms. The second-order valence-corrected chi connectivity index (χ2v) is 6.97. The molecule has 4 rings (SSSR count). The monoisotopic (exact) mass is 379 g/mol. The minimum Gasteiger partial charge on any atom is -0.490 e. The zero-order valence-electron chi connectivity index (χ0n) is 16.1. The van der Waals surface area contributed by atoms with E-state index in [4.69, 9.17) is 9.47 Å². The van der Waals surface area contributed by atoms with Crippen molar-refractivity contribution >= 4 is 16.9 Å². The van der Waals surface area contributed by atoms with Crippen molar-refractivity contribution in [2.45, 2.75) is 32.2 Å². The summed E-state index contributed by atoms with van der Waals surface area (Å²) in [6.45, 7) is 3.38. The minimum atomic E-state index is -0.0340. The number of hydrogen-bond donors (Lipinski definition) is 1. The van der Waals surface area contributed by atoms with Crippen LogP contribution in [0.25, 0.3) is 11.0 Å². The van der Waals surface area contributed by atoms with Gasteiger partial charge in [-0.05, 0) is 43.5 Å². The van der Waals surface area contributed by atoms with Gasteiger partial charge in [-0.15, -0.1) is 0 Å². The smallest absolute Gasteiger partial charge is 0.261 e. The lowest BCUT2D eigenvalue weighted by atomic mass is 10.2. The SMILES string of the molecule is CCCOc1ccccc1OCC(=O)N1CCC[C@@H]1c1nc2ccccc2[nH]1. The standard InChI is InChI=1S/C22H25N3O3/c1-2-14-27-19-11-5-6-12-20(19)28-15-21(26)25-13-7-10-18(25)22-23-16-8-3-4-9-17(16)24-22/h3-6,8-9,11-12,18H,2,7,10,13-15H2,1H3,(H,23,24)/t18-/m1/s1. The van der Waals surface area contributed by atoms with Crippen molar-refractivity contribution in [2.75, 3.05) is 19.8 Å². The molecule has 1 aliphatic rings. The van der Waals surface area contributed by atoms with Gasteiger partial charge in [0, 0.05) is 6.54 Å². The van der Waals surface area contributed by atoms with Gasteiger partial charge in [-0.2, -0.15) is 0 Å². The molecule has 0 bridgehead atoms. The van der Waals surface area contributed by atoms with E-state index in [-0.39, 0.29) is 18.6 Å². The van der Waals surface area contributed by atoms with E-state index in [1.807, 2.05) is 53.4 Å². The molecule has 146 valence electrons. The van der Waals surface area contributed by atoms with Crippen LogP contribution in [0.15, 0.2) is 48.5 Å². The number of rotatable bonds is 7. The first-order valence-electron chi connectivity index (χ1n) is 9.85. The maximum Gasteiger partial charge on any atom is 0.261 e. The number of amides is 1. The van der Waals surface area contributed by atoms with Gasteiger partial charge in [0.2, 0.25) is 0 Å². The van der Waals surface area contributed by atoms with Crippen LogP contribution in [0.3, 0.4) is 0 Å². The molecule has 0 unspecified atom stereocenters. The molecule has 1 aliphatic heterocycles. The molecule has 1 fully saturated rings. The van der Waals surface area contributed by atoms with Gasteiger partial charge in [0.15, 0.2) is 18.1 Å². The molecule has 1 atom stereocenters. The third-order valence-electron chi connectivity index (χ3n) is 4.96. The van der Waals surface area contributed by atoms with Crippen LogP contribution in [0, 0.1) is 0 Å². The van der Waals surface area contributed by atoms with Crippen molar-refractivity contribution in [3.8, 4) is 11.5 Å². The zero-order valence-corrected chi connectivity index (χ0v) is 16.1. The molecule has 1 amide bonds. The van der Waals surface area contributed by atoms with Crippen molar-refractivity contribution in [3.63, 3.8) is 0 Å². The number of aromatic amines is 1. The molecule has 1 N–H and O–H groups in total. The van der Waals surface area contributed by atoms with E-state index in [1.54, 1.807) is 0 Å². The predicted octanol–water partition coefficient (Wildman–Crippen LogP) is 4.09. The Balaban J connectivity index is 1.44. The quantitative estimate of drug-likeness (QED) is 0.671. The molecular formula is C22H25N3O3. The maximum atomic E-state index is 12.9. The number of fused-ring (bicyclic) bond motifs is 1. The van der Waals surface area contributed by atoms with Crippen LogP contribution in [0.5, 0.6) is 11.5 Å². The van der Waals surface area contributed by atoms with E-state index >= 15 is 0 Å². The number of likely N-dealkylation sites (tertiary alicyclic amines) is 1. The summed E-state index contributed by atoms with van der Waals surface area (Å²) in [7, 11) is 0. The van der Waals surface area contributed by atoms with Crippen LogP contribution < -0.4 is 9.47 Å². The molecule has 0 saturated carbocycles. The number of carbonyl (C=O) groups excluding carboxylic acids is 1. The van der Waals surface area contributed by atoms with E-state index in [1.165, 1.54) is 0 Å². The van der Waals surface area contributed by atoms with E-state index in [0.717, 1.165) is 42.7 Å². The summed E-state index contributed by atoms with van der Waals surface area (Å²) in [6, 6.07) is 15.4. The van der Waals surface area contributed by atoms with Crippen molar-refractivity contribution in [1.29, 1.82) is 0 Å². The lowest BCUT2D eigenvalue weighted by molar-refractivity contribution is -0.134. The highest BCUT2D eigenvalue weighted by molar-refractivity contribution is 5.79. The Bertz CT molecular complexity index is 920. The normalized spacial score (nSPS) is 16.5. The third kappa shape index (κ3) is 3.81. The maximum absolute atomic E-state index is 12.9. The highest BCUT2D eigenvalue weighted by Gasteiger charge is 2.32. The second kappa shape index (κ2) is 8.33. The van der Waals surface area contributed by atoms with Crippen LogP contribution >= 0.6 is 0 Å². The molecule has 28 heavy (non-hydrogen) atoms. The number of para-hydroxylation sites is 4. The van der Waals surface area contributed by atoms with Gasteiger partial charge in [-0.3, -0.25) is 4.79 Å². The zero-order chi connectivity index (χ0) is 19.3. The van der Waals surface area contributed by atoms with Gasteiger partial charge in [-0.25, -0.2) is 4.98 Å². The Kier molecular flexibility index (Phi) is 5.46. The fourth-order valence-electron chi connectivity index (χ4n) is 3.60. The number of ether oxygens (including phenoxy) is 2. The predicted molar refractivity (Wildman–Crippen MR) is 108 cm³/mol. The van der Waals surface area contributed by atoms with Gasteiger partial charge >= 0.3 is 0 Å². The van der Waals surface area contributed by atoms with E-state index in [0.29, 0.717) is 18.1 Å². The summed E-state index contributed by atoms with van der Waals surface area (Å²) in [5.74, 6) is 2.09. The van der Waals surface area contributed by atoms with Gasteiger partial charge < -0.3 is 19.4 Å². The third-order valence-corrected chi connectivity index (χ3v) is 4.96. The van der Waals surface area contributed by atoms with Crippen LogP contribution in [0.1, 0.15) is 38.1 Å². The molecule has 2 heterocycles. The highest BCUT2D eigenvalue weighted by Crippen LogP contribution is 2.32. The first-order valence-corrected chi connectivity index (χ1v) is 9.85. The summed E-state index contributed by atoms with van der Waals surface area (Å²) in [5.41, 5.74) is 1.92. The summed E-state index contributed by atoms with van der Waals surface area (Å²) >= 11 is 0. The lowest BCUT2D eigenvalue weighted by Gasteiger charge is -2.23. The number of aromatic nitrogens is 2. The minimum absolute atomic E-state index is 0.0107. The van der Waals surface area contributed by atoms with Crippen LogP contribution in [0.2, 0.25) is 0 Å². The van der Waals surface area contributed by atoms with E-state index < -0.39 is 0 Å². The van der Waals surface area contributed by atoms with Crippen molar-refractivity contribution in [1.82, 2.24) is 14.9 Å². The summed E-state index contributed by atoms with van der Waals surface area (Å²) < 4.78 is 11.5.